The molecule has 0 N–H and O–H groups in total. The molecule has 1 saturated heterocycles. The van der Waals surface area contributed by atoms with Gasteiger partial charge in [-0.3, -0.25) is 0 Å². The van der Waals surface area contributed by atoms with Crippen LogP contribution in [-0.2, 0) is 26.7 Å². The Hall–Kier alpha value is -2.44. The van der Waals surface area contributed by atoms with E-state index in [0.29, 0.717) is 24.4 Å². The quantitative estimate of drug-likeness (QED) is 0.379. The molecule has 0 bridgehead atoms. The molecule has 2 aliphatic carbocycles. The minimum Gasteiger partial charge on any atom is -0.496 e. The predicted molar refractivity (Wildman–Crippen MR) is 152 cm³/mol. The van der Waals surface area contributed by atoms with E-state index >= 15 is 0 Å². The maximum Gasteiger partial charge on any atom is 0.283 e. The van der Waals surface area contributed by atoms with Crippen LogP contribution in [0.5, 0.6) is 5.75 Å². The molecule has 6 rings (SSSR count). The highest BCUT2D eigenvalue weighted by Crippen LogP contribution is 2.49. The van der Waals surface area contributed by atoms with Gasteiger partial charge < -0.3 is 18.6 Å². The van der Waals surface area contributed by atoms with Gasteiger partial charge in [0.1, 0.15) is 5.75 Å². The zero-order chi connectivity index (χ0) is 26.1. The SMILES string of the molecule is COc1cccc2c1C[C@H]1C[C@@H](O[Si](c3ccccc3)c3ccccc3)[C@H](CC[C@@H]3COC(C)(C)O3)[C@H]1C2. The van der Waals surface area contributed by atoms with Crippen LogP contribution in [0.1, 0.15) is 44.2 Å². The third kappa shape index (κ3) is 5.35. The molecule has 38 heavy (non-hydrogen) atoms. The lowest BCUT2D eigenvalue weighted by Gasteiger charge is -2.33. The maximum absolute atomic E-state index is 7.30. The van der Waals surface area contributed by atoms with Crippen molar-refractivity contribution in [3.63, 3.8) is 0 Å². The molecule has 4 nitrogen and oxygen atoms in total. The molecule has 0 amide bonds. The van der Waals surface area contributed by atoms with Gasteiger partial charge in [-0.05, 0) is 91.3 Å². The van der Waals surface area contributed by atoms with Gasteiger partial charge in [0, 0.05) is 6.10 Å². The fourth-order valence-electron chi connectivity index (χ4n) is 7.02. The molecule has 1 radical (unpaired) electrons. The van der Waals surface area contributed by atoms with Gasteiger partial charge in [-0.25, -0.2) is 0 Å². The molecule has 0 aromatic heterocycles. The Morgan fingerprint density at radius 3 is 2.21 bits per heavy atom. The normalized spacial score (nSPS) is 27.7. The number of fused-ring (bicyclic) bond motifs is 2. The first-order chi connectivity index (χ1) is 18.5. The van der Waals surface area contributed by atoms with Gasteiger partial charge in [-0.2, -0.15) is 0 Å². The highest BCUT2D eigenvalue weighted by Gasteiger charge is 2.47. The van der Waals surface area contributed by atoms with Crippen molar-refractivity contribution < 1.29 is 18.6 Å². The molecule has 1 aliphatic heterocycles. The second-order valence-electron chi connectivity index (χ2n) is 11.6. The Kier molecular flexibility index (Phi) is 7.45. The Morgan fingerprint density at radius 1 is 0.868 bits per heavy atom. The average Bonchev–Trinajstić information content (AvgIpc) is 3.47. The van der Waals surface area contributed by atoms with Crippen LogP contribution in [0.15, 0.2) is 78.9 Å². The lowest BCUT2D eigenvalue weighted by Crippen LogP contribution is -2.48. The van der Waals surface area contributed by atoms with E-state index in [0.717, 1.165) is 37.9 Å². The summed E-state index contributed by atoms with van der Waals surface area (Å²) in [5.74, 6) is 2.29. The number of methoxy groups -OCH3 is 1. The van der Waals surface area contributed by atoms with Gasteiger partial charge >= 0.3 is 0 Å². The molecule has 0 unspecified atom stereocenters. The van der Waals surface area contributed by atoms with Gasteiger partial charge in [-0.1, -0.05) is 72.8 Å². The largest absolute Gasteiger partial charge is 0.496 e. The number of hydrogen-bond acceptors (Lipinski definition) is 4. The van der Waals surface area contributed by atoms with E-state index < -0.39 is 14.8 Å². The van der Waals surface area contributed by atoms with Crippen LogP contribution in [0.2, 0.25) is 0 Å². The molecular weight excluding hydrogens is 488 g/mol. The summed E-state index contributed by atoms with van der Waals surface area (Å²) >= 11 is 0. The van der Waals surface area contributed by atoms with Crippen LogP contribution in [0, 0.1) is 17.8 Å². The molecule has 5 atom stereocenters. The third-order valence-electron chi connectivity index (χ3n) is 8.77. The van der Waals surface area contributed by atoms with Crippen molar-refractivity contribution in [3.8, 4) is 5.75 Å². The maximum atomic E-state index is 7.30. The van der Waals surface area contributed by atoms with E-state index in [4.69, 9.17) is 18.6 Å². The van der Waals surface area contributed by atoms with Crippen molar-refractivity contribution in [1.29, 1.82) is 0 Å². The predicted octanol–water partition coefficient (Wildman–Crippen LogP) is 5.17. The smallest absolute Gasteiger partial charge is 0.283 e. The molecule has 5 heteroatoms. The van der Waals surface area contributed by atoms with Crippen LogP contribution in [0.25, 0.3) is 0 Å². The molecular formula is C33H39O4Si. The molecule has 199 valence electrons. The first kappa shape index (κ1) is 25.8. The molecule has 0 spiro atoms. The summed E-state index contributed by atoms with van der Waals surface area (Å²) in [7, 11) is 0.424. The van der Waals surface area contributed by atoms with E-state index in [2.05, 4.69) is 78.9 Å². The second kappa shape index (κ2) is 11.0. The van der Waals surface area contributed by atoms with Crippen LogP contribution in [0.3, 0.4) is 0 Å². The molecule has 2 fully saturated rings. The summed E-state index contributed by atoms with van der Waals surface area (Å²) in [6, 6.07) is 28.3. The summed E-state index contributed by atoms with van der Waals surface area (Å²) in [5, 5.41) is 2.63. The Bertz CT molecular complexity index is 1170. The standard InChI is InChI=1S/C33H39O4Si/c1-33(2)35-22-25(36-33)17-18-28-29-19-23-11-10-16-31(34-3)30(23)20-24(29)21-32(28)37-38(26-12-6-4-7-13-26)27-14-8-5-9-15-27/h4-16,24-25,28-29,32H,17-22H2,1-3H3/t24-,25+,28+,29-,32+/m0/s1. The summed E-state index contributed by atoms with van der Waals surface area (Å²) < 4.78 is 25.2. The number of benzene rings is 3. The lowest BCUT2D eigenvalue weighted by molar-refractivity contribution is -0.139. The van der Waals surface area contributed by atoms with E-state index in [1.54, 1.807) is 7.11 Å². The van der Waals surface area contributed by atoms with Crippen molar-refractivity contribution >= 4 is 19.4 Å². The summed E-state index contributed by atoms with van der Waals surface area (Å²) in [6.07, 6.45) is 5.80. The summed E-state index contributed by atoms with van der Waals surface area (Å²) in [5.41, 5.74) is 2.86. The topological polar surface area (TPSA) is 36.9 Å². The van der Waals surface area contributed by atoms with Crippen molar-refractivity contribution in [2.45, 2.75) is 63.9 Å². The molecule has 3 aromatic carbocycles. The Morgan fingerprint density at radius 2 is 1.58 bits per heavy atom. The monoisotopic (exact) mass is 527 g/mol. The first-order valence-corrected chi connectivity index (χ1v) is 15.5. The van der Waals surface area contributed by atoms with Gasteiger partial charge in [0.15, 0.2) is 5.79 Å². The van der Waals surface area contributed by atoms with E-state index in [1.807, 2.05) is 13.8 Å². The van der Waals surface area contributed by atoms with Crippen molar-refractivity contribution in [1.82, 2.24) is 0 Å². The fourth-order valence-corrected chi connectivity index (χ4v) is 9.19. The molecule has 3 aliphatic rings. The fraction of sp³-hybridized carbons (Fsp3) is 0.455. The Balaban J connectivity index is 1.28. The minimum absolute atomic E-state index is 0.161. The van der Waals surface area contributed by atoms with Crippen LogP contribution in [-0.4, -0.2) is 40.8 Å². The van der Waals surface area contributed by atoms with Crippen molar-refractivity contribution in [2.24, 2.45) is 17.8 Å². The van der Waals surface area contributed by atoms with Crippen molar-refractivity contribution in [2.75, 3.05) is 13.7 Å². The van der Waals surface area contributed by atoms with Crippen LogP contribution < -0.4 is 15.1 Å². The van der Waals surface area contributed by atoms with E-state index in [1.165, 1.54) is 21.5 Å². The van der Waals surface area contributed by atoms with Crippen molar-refractivity contribution in [3.05, 3.63) is 90.0 Å². The number of hydrogen-bond donors (Lipinski definition) is 0. The Labute approximate surface area is 229 Å². The van der Waals surface area contributed by atoms with Gasteiger partial charge in [0.2, 0.25) is 0 Å². The highest BCUT2D eigenvalue weighted by molar-refractivity contribution is 6.80. The third-order valence-corrected chi connectivity index (χ3v) is 11.0. The summed E-state index contributed by atoms with van der Waals surface area (Å²) in [6.45, 7) is 4.72. The first-order valence-electron chi connectivity index (χ1n) is 14.1. The molecule has 1 saturated carbocycles. The van der Waals surface area contributed by atoms with Gasteiger partial charge in [-0.15, -0.1) is 0 Å². The van der Waals surface area contributed by atoms with Gasteiger partial charge in [0.25, 0.3) is 9.04 Å². The molecule has 3 aromatic rings. The number of rotatable bonds is 8. The van der Waals surface area contributed by atoms with E-state index in [-0.39, 0.29) is 12.2 Å². The second-order valence-corrected chi connectivity index (χ2v) is 13.6. The van der Waals surface area contributed by atoms with Gasteiger partial charge in [0.05, 0.1) is 19.8 Å². The number of ether oxygens (including phenoxy) is 3. The lowest BCUT2D eigenvalue weighted by atomic mass is 9.73. The molecule has 1 heterocycles. The van der Waals surface area contributed by atoms with E-state index in [9.17, 15) is 0 Å². The minimum atomic E-state index is -1.37. The summed E-state index contributed by atoms with van der Waals surface area (Å²) in [4.78, 5) is 0. The average molecular weight is 528 g/mol. The zero-order valence-electron chi connectivity index (χ0n) is 22.8. The van der Waals surface area contributed by atoms with Crippen LogP contribution in [0.4, 0.5) is 0 Å². The highest BCUT2D eigenvalue weighted by atomic mass is 28.3. The zero-order valence-corrected chi connectivity index (χ0v) is 23.8. The van der Waals surface area contributed by atoms with Crippen LogP contribution >= 0.6 is 0 Å².